The van der Waals surface area contributed by atoms with E-state index in [1.807, 2.05) is 11.6 Å². The Labute approximate surface area is 122 Å². The zero-order valence-corrected chi connectivity index (χ0v) is 12.2. The van der Waals surface area contributed by atoms with Crippen molar-refractivity contribution in [3.8, 4) is 11.3 Å². The third kappa shape index (κ3) is 1.93. The lowest BCUT2D eigenvalue weighted by Crippen LogP contribution is -1.93. The van der Waals surface area contributed by atoms with Crippen molar-refractivity contribution in [3.05, 3.63) is 46.0 Å². The van der Waals surface area contributed by atoms with Gasteiger partial charge in [0.1, 0.15) is 22.9 Å². The second kappa shape index (κ2) is 4.58. The summed E-state index contributed by atoms with van der Waals surface area (Å²) in [6.07, 6.45) is 1.42. The monoisotopic (exact) mass is 339 g/mol. The SMILES string of the molecule is Cn1c(-c2ccc(F)cc2)c(Br)c2c(Cl)ncnc21. The molecule has 3 rings (SSSR count). The van der Waals surface area contributed by atoms with Crippen LogP contribution in [0.25, 0.3) is 22.3 Å². The highest BCUT2D eigenvalue weighted by molar-refractivity contribution is 9.10. The first kappa shape index (κ1) is 12.6. The average molecular weight is 341 g/mol. The number of hydrogen-bond donors (Lipinski definition) is 0. The van der Waals surface area contributed by atoms with Crippen LogP contribution >= 0.6 is 27.5 Å². The topological polar surface area (TPSA) is 30.7 Å². The molecule has 0 N–H and O–H groups in total. The van der Waals surface area contributed by atoms with Gasteiger partial charge in [-0.15, -0.1) is 0 Å². The lowest BCUT2D eigenvalue weighted by molar-refractivity contribution is 0.628. The second-order valence-corrected chi connectivity index (χ2v) is 5.24. The molecule has 2 heterocycles. The van der Waals surface area contributed by atoms with Gasteiger partial charge >= 0.3 is 0 Å². The van der Waals surface area contributed by atoms with E-state index in [-0.39, 0.29) is 5.82 Å². The van der Waals surface area contributed by atoms with Crippen molar-refractivity contribution in [2.45, 2.75) is 0 Å². The Morgan fingerprint density at radius 3 is 2.53 bits per heavy atom. The smallest absolute Gasteiger partial charge is 0.146 e. The normalized spacial score (nSPS) is 11.2. The van der Waals surface area contributed by atoms with Gasteiger partial charge in [-0.25, -0.2) is 14.4 Å². The van der Waals surface area contributed by atoms with Crippen LogP contribution in [0.4, 0.5) is 4.39 Å². The van der Waals surface area contributed by atoms with E-state index in [1.54, 1.807) is 12.1 Å². The largest absolute Gasteiger partial charge is 0.327 e. The summed E-state index contributed by atoms with van der Waals surface area (Å²) in [6, 6.07) is 6.28. The van der Waals surface area contributed by atoms with E-state index in [0.717, 1.165) is 26.8 Å². The number of aromatic nitrogens is 3. The fraction of sp³-hybridized carbons (Fsp3) is 0.0769. The van der Waals surface area contributed by atoms with Crippen molar-refractivity contribution in [2.75, 3.05) is 0 Å². The molecule has 2 aromatic heterocycles. The molecule has 0 unspecified atom stereocenters. The molecule has 0 fully saturated rings. The van der Waals surface area contributed by atoms with Gasteiger partial charge in [-0.1, -0.05) is 11.6 Å². The molecule has 0 radical (unpaired) electrons. The fourth-order valence-corrected chi connectivity index (χ4v) is 3.30. The van der Waals surface area contributed by atoms with E-state index in [1.165, 1.54) is 18.5 Å². The van der Waals surface area contributed by atoms with Gasteiger partial charge in [0.2, 0.25) is 0 Å². The lowest BCUT2D eigenvalue weighted by atomic mass is 10.1. The molecule has 0 aliphatic heterocycles. The summed E-state index contributed by atoms with van der Waals surface area (Å²) in [4.78, 5) is 8.21. The van der Waals surface area contributed by atoms with Crippen LogP contribution in [0.1, 0.15) is 0 Å². The second-order valence-electron chi connectivity index (χ2n) is 4.09. The van der Waals surface area contributed by atoms with E-state index >= 15 is 0 Å². The Balaban J connectivity index is 2.36. The number of rotatable bonds is 1. The van der Waals surface area contributed by atoms with Crippen LogP contribution in [0.15, 0.2) is 35.1 Å². The molecule has 0 bridgehead atoms. The van der Waals surface area contributed by atoms with Gasteiger partial charge in [0, 0.05) is 7.05 Å². The van der Waals surface area contributed by atoms with Crippen molar-refractivity contribution in [1.29, 1.82) is 0 Å². The summed E-state index contributed by atoms with van der Waals surface area (Å²) in [7, 11) is 1.88. The van der Waals surface area contributed by atoms with Crippen molar-refractivity contribution in [2.24, 2.45) is 7.05 Å². The fourth-order valence-electron chi connectivity index (χ4n) is 2.10. The Morgan fingerprint density at radius 1 is 1.21 bits per heavy atom. The molecule has 6 heteroatoms. The highest BCUT2D eigenvalue weighted by Gasteiger charge is 2.18. The van der Waals surface area contributed by atoms with Gasteiger partial charge in [-0.05, 0) is 45.8 Å². The van der Waals surface area contributed by atoms with Crippen LogP contribution in [0.3, 0.4) is 0 Å². The third-order valence-corrected chi connectivity index (χ3v) is 4.04. The molecule has 96 valence electrons. The summed E-state index contributed by atoms with van der Waals surface area (Å²) in [5.41, 5.74) is 2.49. The van der Waals surface area contributed by atoms with Gasteiger partial charge < -0.3 is 4.57 Å². The van der Waals surface area contributed by atoms with Crippen LogP contribution < -0.4 is 0 Å². The molecule has 1 aromatic carbocycles. The molecular formula is C13H8BrClFN3. The minimum atomic E-state index is -0.267. The first-order valence-corrected chi connectivity index (χ1v) is 6.67. The van der Waals surface area contributed by atoms with Crippen LogP contribution in [0.5, 0.6) is 0 Å². The number of halogens is 3. The molecule has 3 aromatic rings. The number of hydrogen-bond acceptors (Lipinski definition) is 2. The van der Waals surface area contributed by atoms with Crippen LogP contribution in [0.2, 0.25) is 5.15 Å². The predicted octanol–water partition coefficient (Wildman–Crippen LogP) is 4.19. The minimum absolute atomic E-state index is 0.267. The maximum Gasteiger partial charge on any atom is 0.146 e. The Morgan fingerprint density at radius 2 is 1.89 bits per heavy atom. The molecule has 3 nitrogen and oxygen atoms in total. The molecule has 0 aliphatic rings. The van der Waals surface area contributed by atoms with Gasteiger partial charge in [-0.3, -0.25) is 0 Å². The summed E-state index contributed by atoms with van der Waals surface area (Å²) in [6.45, 7) is 0. The molecule has 0 amide bonds. The number of aryl methyl sites for hydroxylation is 1. The minimum Gasteiger partial charge on any atom is -0.327 e. The Kier molecular flexibility index (Phi) is 3.03. The summed E-state index contributed by atoms with van der Waals surface area (Å²) in [5, 5.41) is 1.15. The lowest BCUT2D eigenvalue weighted by Gasteiger charge is -2.04. The van der Waals surface area contributed by atoms with Crippen molar-refractivity contribution in [1.82, 2.24) is 14.5 Å². The highest BCUT2D eigenvalue weighted by atomic mass is 79.9. The number of fused-ring (bicyclic) bond motifs is 1. The Hall–Kier alpha value is -1.46. The van der Waals surface area contributed by atoms with Gasteiger partial charge in [-0.2, -0.15) is 0 Å². The first-order chi connectivity index (χ1) is 9.09. The molecule has 0 atom stereocenters. The highest BCUT2D eigenvalue weighted by Crippen LogP contribution is 2.38. The van der Waals surface area contributed by atoms with E-state index in [4.69, 9.17) is 11.6 Å². The zero-order chi connectivity index (χ0) is 13.6. The molecule has 0 saturated heterocycles. The predicted molar refractivity (Wildman–Crippen MR) is 76.6 cm³/mol. The average Bonchev–Trinajstić information content (AvgIpc) is 2.65. The van der Waals surface area contributed by atoms with E-state index < -0.39 is 0 Å². The van der Waals surface area contributed by atoms with Gasteiger partial charge in [0.25, 0.3) is 0 Å². The zero-order valence-electron chi connectivity index (χ0n) is 9.86. The summed E-state index contributed by atoms with van der Waals surface area (Å²) >= 11 is 9.64. The van der Waals surface area contributed by atoms with E-state index in [9.17, 15) is 4.39 Å². The van der Waals surface area contributed by atoms with Crippen LogP contribution in [-0.4, -0.2) is 14.5 Å². The maximum atomic E-state index is 13.0. The van der Waals surface area contributed by atoms with E-state index in [0.29, 0.717) is 5.15 Å². The van der Waals surface area contributed by atoms with Gasteiger partial charge in [0.05, 0.1) is 15.6 Å². The van der Waals surface area contributed by atoms with Crippen molar-refractivity contribution < 1.29 is 4.39 Å². The number of nitrogens with zero attached hydrogens (tertiary/aromatic N) is 3. The van der Waals surface area contributed by atoms with Crippen LogP contribution in [0, 0.1) is 5.82 Å². The third-order valence-electron chi connectivity index (χ3n) is 2.98. The Bertz CT molecular complexity index is 768. The van der Waals surface area contributed by atoms with Gasteiger partial charge in [0.15, 0.2) is 0 Å². The maximum absolute atomic E-state index is 13.0. The molecular weight excluding hydrogens is 333 g/mol. The first-order valence-electron chi connectivity index (χ1n) is 5.50. The molecule has 0 saturated carbocycles. The molecule has 19 heavy (non-hydrogen) atoms. The molecule has 0 aliphatic carbocycles. The van der Waals surface area contributed by atoms with Crippen LogP contribution in [-0.2, 0) is 7.05 Å². The van der Waals surface area contributed by atoms with Crippen molar-refractivity contribution in [3.63, 3.8) is 0 Å². The summed E-state index contributed by atoms with van der Waals surface area (Å²) in [5.74, 6) is -0.267. The van der Waals surface area contributed by atoms with Crippen molar-refractivity contribution >= 4 is 38.6 Å². The summed E-state index contributed by atoms with van der Waals surface area (Å²) < 4.78 is 15.7. The van der Waals surface area contributed by atoms with E-state index in [2.05, 4.69) is 25.9 Å². The standard InChI is InChI=1S/C13H8BrClFN3/c1-19-11(7-2-4-8(16)5-3-7)10(14)9-12(15)17-6-18-13(9)19/h2-6H,1H3. The number of benzene rings is 1. The molecule has 0 spiro atoms. The quantitative estimate of drug-likeness (QED) is 0.622.